The third kappa shape index (κ3) is 3.10. The molecule has 2 rings (SSSR count). The lowest BCUT2D eigenvalue weighted by Crippen LogP contribution is -2.09. The van der Waals surface area contributed by atoms with Gasteiger partial charge in [0.2, 0.25) is 0 Å². The smallest absolute Gasteiger partial charge is 0.379 e. The Balaban J connectivity index is 2.16. The van der Waals surface area contributed by atoms with Gasteiger partial charge in [-0.25, -0.2) is 0 Å². The van der Waals surface area contributed by atoms with Crippen molar-refractivity contribution in [3.63, 3.8) is 0 Å². The lowest BCUT2D eigenvalue weighted by atomic mass is 10.1. The highest BCUT2D eigenvalue weighted by atomic mass is 19.4. The van der Waals surface area contributed by atoms with Gasteiger partial charge in [0.1, 0.15) is 0 Å². The molecule has 2 aromatic rings. The van der Waals surface area contributed by atoms with Crippen molar-refractivity contribution in [3.8, 4) is 0 Å². The second-order valence-corrected chi connectivity index (χ2v) is 4.49. The van der Waals surface area contributed by atoms with Crippen LogP contribution < -0.4 is 5.32 Å². The van der Waals surface area contributed by atoms with E-state index in [-0.39, 0.29) is 5.56 Å². The van der Waals surface area contributed by atoms with E-state index in [1.165, 1.54) is 13.0 Å². The molecule has 0 fully saturated rings. The van der Waals surface area contributed by atoms with E-state index in [1.807, 2.05) is 29.9 Å². The fourth-order valence-electron chi connectivity index (χ4n) is 1.91. The summed E-state index contributed by atoms with van der Waals surface area (Å²) < 4.78 is 40.2. The van der Waals surface area contributed by atoms with Crippen molar-refractivity contribution in [2.75, 3.05) is 5.32 Å². The molecule has 0 saturated carbocycles. The molecule has 0 aliphatic heterocycles. The topological polar surface area (TPSA) is 17.0 Å². The molecule has 0 atom stereocenters. The Hall–Kier alpha value is -1.91. The number of hydrogen-bond acceptors (Lipinski definition) is 1. The van der Waals surface area contributed by atoms with Crippen LogP contribution in [0.5, 0.6) is 0 Å². The summed E-state index contributed by atoms with van der Waals surface area (Å²) in [4.78, 5) is 0. The zero-order valence-corrected chi connectivity index (χ0v) is 10.8. The third-order valence-corrected chi connectivity index (χ3v) is 3.07. The van der Waals surface area contributed by atoms with Gasteiger partial charge in [-0.2, -0.15) is 13.2 Å². The van der Waals surface area contributed by atoms with Crippen LogP contribution in [0.2, 0.25) is 0 Å². The number of benzene rings is 1. The number of aromatic nitrogens is 1. The summed E-state index contributed by atoms with van der Waals surface area (Å²) in [7, 11) is 1.90. The molecule has 1 heterocycles. The summed E-state index contributed by atoms with van der Waals surface area (Å²) in [5, 5.41) is 3.01. The lowest BCUT2D eigenvalue weighted by Gasteiger charge is -2.13. The van der Waals surface area contributed by atoms with Gasteiger partial charge in [0.05, 0.1) is 12.1 Å². The standard InChI is InChI=1S/C14H15F3N2/c1-10-5-6-11(8-13(10)14(15,16)17)18-9-12-4-3-7-19(12)2/h3-8,18H,9H2,1-2H3. The molecule has 0 bridgehead atoms. The lowest BCUT2D eigenvalue weighted by molar-refractivity contribution is -0.138. The molecule has 1 aromatic carbocycles. The molecule has 1 aromatic heterocycles. The SMILES string of the molecule is Cc1ccc(NCc2cccn2C)cc1C(F)(F)F. The van der Waals surface area contributed by atoms with Crippen LogP contribution >= 0.6 is 0 Å². The van der Waals surface area contributed by atoms with Crippen LogP contribution in [0.25, 0.3) is 0 Å². The summed E-state index contributed by atoms with van der Waals surface area (Å²) in [6.07, 6.45) is -2.42. The Morgan fingerprint density at radius 3 is 2.53 bits per heavy atom. The molecular weight excluding hydrogens is 253 g/mol. The van der Waals surface area contributed by atoms with Gasteiger partial charge in [-0.15, -0.1) is 0 Å². The largest absolute Gasteiger partial charge is 0.416 e. The van der Waals surface area contributed by atoms with Gasteiger partial charge in [0, 0.05) is 24.6 Å². The molecule has 0 saturated heterocycles. The fourth-order valence-corrected chi connectivity index (χ4v) is 1.91. The average molecular weight is 268 g/mol. The van der Waals surface area contributed by atoms with Crippen molar-refractivity contribution in [1.29, 1.82) is 0 Å². The van der Waals surface area contributed by atoms with Crippen LogP contribution in [0.1, 0.15) is 16.8 Å². The van der Waals surface area contributed by atoms with Crippen LogP contribution in [0.4, 0.5) is 18.9 Å². The normalized spacial score (nSPS) is 11.6. The van der Waals surface area contributed by atoms with Gasteiger partial charge >= 0.3 is 6.18 Å². The van der Waals surface area contributed by atoms with Gasteiger partial charge in [-0.05, 0) is 36.8 Å². The van der Waals surface area contributed by atoms with Crippen molar-refractivity contribution >= 4 is 5.69 Å². The van der Waals surface area contributed by atoms with E-state index in [4.69, 9.17) is 0 Å². The van der Waals surface area contributed by atoms with Crippen molar-refractivity contribution < 1.29 is 13.2 Å². The van der Waals surface area contributed by atoms with Crippen molar-refractivity contribution in [2.45, 2.75) is 19.6 Å². The van der Waals surface area contributed by atoms with E-state index >= 15 is 0 Å². The third-order valence-electron chi connectivity index (χ3n) is 3.07. The summed E-state index contributed by atoms with van der Waals surface area (Å²) in [5.74, 6) is 0. The van der Waals surface area contributed by atoms with Crippen LogP contribution in [-0.4, -0.2) is 4.57 Å². The van der Waals surface area contributed by atoms with Gasteiger partial charge in [0.25, 0.3) is 0 Å². The first-order valence-corrected chi connectivity index (χ1v) is 5.90. The molecule has 1 N–H and O–H groups in total. The number of alkyl halides is 3. The summed E-state index contributed by atoms with van der Waals surface area (Å²) in [6, 6.07) is 8.11. The first-order valence-electron chi connectivity index (χ1n) is 5.90. The molecule has 0 unspecified atom stereocenters. The first-order chi connectivity index (χ1) is 8.88. The Labute approximate surface area is 109 Å². The monoisotopic (exact) mass is 268 g/mol. The molecule has 0 aliphatic rings. The molecule has 0 radical (unpaired) electrons. The minimum Gasteiger partial charge on any atom is -0.379 e. The molecule has 0 spiro atoms. The maximum absolute atomic E-state index is 12.8. The minimum atomic E-state index is -4.31. The van der Waals surface area contributed by atoms with Crippen molar-refractivity contribution in [1.82, 2.24) is 4.57 Å². The quantitative estimate of drug-likeness (QED) is 0.891. The van der Waals surface area contributed by atoms with Crippen LogP contribution in [0.15, 0.2) is 36.5 Å². The Morgan fingerprint density at radius 1 is 1.21 bits per heavy atom. The van der Waals surface area contributed by atoms with E-state index in [0.717, 1.165) is 11.8 Å². The number of nitrogens with zero attached hydrogens (tertiary/aromatic N) is 1. The van der Waals surface area contributed by atoms with E-state index in [0.29, 0.717) is 12.2 Å². The van der Waals surface area contributed by atoms with Crippen LogP contribution in [-0.2, 0) is 19.8 Å². The van der Waals surface area contributed by atoms with E-state index < -0.39 is 11.7 Å². The van der Waals surface area contributed by atoms with Gasteiger partial charge in [-0.3, -0.25) is 0 Å². The van der Waals surface area contributed by atoms with Crippen LogP contribution in [0.3, 0.4) is 0 Å². The van der Waals surface area contributed by atoms with Crippen LogP contribution in [0, 0.1) is 6.92 Å². The maximum atomic E-state index is 12.8. The highest BCUT2D eigenvalue weighted by molar-refractivity contribution is 5.49. The summed E-state index contributed by atoms with van der Waals surface area (Å²) in [5.41, 5.74) is 1.12. The van der Waals surface area contributed by atoms with Crippen molar-refractivity contribution in [2.24, 2.45) is 7.05 Å². The minimum absolute atomic E-state index is 0.233. The first kappa shape index (κ1) is 13.5. The Kier molecular flexibility index (Phi) is 3.55. The predicted molar refractivity (Wildman–Crippen MR) is 68.9 cm³/mol. The zero-order valence-electron chi connectivity index (χ0n) is 10.8. The zero-order chi connectivity index (χ0) is 14.0. The molecule has 5 heteroatoms. The van der Waals surface area contributed by atoms with Gasteiger partial charge < -0.3 is 9.88 Å². The second-order valence-electron chi connectivity index (χ2n) is 4.49. The number of aryl methyl sites for hydroxylation is 2. The Bertz CT molecular complexity index is 570. The molecule has 102 valence electrons. The predicted octanol–water partition coefficient (Wildman–Crippen LogP) is 3.96. The molecular formula is C14H15F3N2. The molecule has 2 nitrogen and oxygen atoms in total. The number of hydrogen-bond donors (Lipinski definition) is 1. The van der Waals surface area contributed by atoms with E-state index in [2.05, 4.69) is 5.32 Å². The molecule has 0 amide bonds. The van der Waals surface area contributed by atoms with Gasteiger partial charge in [-0.1, -0.05) is 6.07 Å². The summed E-state index contributed by atoms with van der Waals surface area (Å²) in [6.45, 7) is 1.95. The van der Waals surface area contributed by atoms with E-state index in [9.17, 15) is 13.2 Å². The number of halogens is 3. The average Bonchev–Trinajstić information content (AvgIpc) is 2.72. The van der Waals surface area contributed by atoms with Crippen molar-refractivity contribution in [3.05, 3.63) is 53.3 Å². The fraction of sp³-hybridized carbons (Fsp3) is 0.286. The highest BCUT2D eigenvalue weighted by Crippen LogP contribution is 2.33. The van der Waals surface area contributed by atoms with Gasteiger partial charge in [0.15, 0.2) is 0 Å². The summed E-state index contributed by atoms with van der Waals surface area (Å²) >= 11 is 0. The van der Waals surface area contributed by atoms with E-state index in [1.54, 1.807) is 6.07 Å². The molecule has 0 aliphatic carbocycles. The number of rotatable bonds is 3. The molecule has 19 heavy (non-hydrogen) atoms. The Morgan fingerprint density at radius 2 is 1.95 bits per heavy atom. The highest BCUT2D eigenvalue weighted by Gasteiger charge is 2.32. The maximum Gasteiger partial charge on any atom is 0.416 e. The second kappa shape index (κ2) is 4.99. The number of anilines is 1. The number of nitrogens with one attached hydrogen (secondary N) is 1.